The topological polar surface area (TPSA) is 32.6 Å². The average Bonchev–Trinajstić information content (AvgIpc) is 1.95. The molecule has 3 heteroatoms. The summed E-state index contributed by atoms with van der Waals surface area (Å²) >= 11 is 5.59. The third-order valence-electron chi connectivity index (χ3n) is 1.02. The monoisotopic (exact) mass is 154 g/mol. The molecule has 1 N–H and O–H groups in total. The first-order valence-electron chi connectivity index (χ1n) is 2.68. The Morgan fingerprint density at radius 2 is 1.90 bits per heavy atom. The number of hydrogen-bond donors (Lipinski definition) is 1. The fourth-order valence-electron chi connectivity index (χ4n) is 0.582. The first-order chi connectivity index (χ1) is 4.83. The largest absolute Gasteiger partial charge is 0.410 e. The summed E-state index contributed by atoms with van der Waals surface area (Å²) in [4.78, 5) is 0. The predicted octanol–water partition coefficient (Wildman–Crippen LogP) is 2.03. The summed E-state index contributed by atoms with van der Waals surface area (Å²) in [6.45, 7) is 0. The van der Waals surface area contributed by atoms with Crippen LogP contribution in [0.25, 0.3) is 0 Å². The van der Waals surface area contributed by atoms with Crippen LogP contribution in [-0.2, 0) is 0 Å². The molecule has 0 aromatic heterocycles. The van der Waals surface area contributed by atoms with Crippen LogP contribution >= 0.6 is 11.6 Å². The maximum absolute atomic E-state index is 8.07. The highest BCUT2D eigenvalue weighted by molar-refractivity contribution is 6.30. The Hall–Kier alpha value is -1.02. The summed E-state index contributed by atoms with van der Waals surface area (Å²) in [5.41, 5.74) is 0.701. The molecule has 0 heterocycles. The van der Waals surface area contributed by atoms with Gasteiger partial charge in [0.05, 0.1) is 0 Å². The van der Waals surface area contributed by atoms with Crippen molar-refractivity contribution in [3.05, 3.63) is 34.9 Å². The fraction of sp³-hybridized carbons (Fsp3) is 0. The number of rotatable bonds is 1. The zero-order chi connectivity index (χ0) is 7.40. The highest BCUT2D eigenvalue weighted by Gasteiger charge is 1.87. The first-order valence-corrected chi connectivity index (χ1v) is 3.06. The molecule has 0 unspecified atom stereocenters. The van der Waals surface area contributed by atoms with E-state index in [4.69, 9.17) is 16.8 Å². The van der Waals surface area contributed by atoms with Gasteiger partial charge in [0.2, 0.25) is 0 Å². The second-order valence-electron chi connectivity index (χ2n) is 1.72. The second kappa shape index (κ2) is 3.22. The summed E-state index contributed by atoms with van der Waals surface area (Å²) < 4.78 is 0. The lowest BCUT2D eigenvalue weighted by molar-refractivity contribution is 0.322. The molecule has 1 aromatic carbocycles. The highest BCUT2D eigenvalue weighted by Crippen LogP contribution is 2.07. The third-order valence-corrected chi connectivity index (χ3v) is 1.28. The SMILES string of the molecule is O/N=[C]/c1ccc(Cl)cc1. The van der Waals surface area contributed by atoms with Crippen LogP contribution < -0.4 is 0 Å². The van der Waals surface area contributed by atoms with E-state index in [-0.39, 0.29) is 0 Å². The summed E-state index contributed by atoms with van der Waals surface area (Å²) in [5, 5.41) is 11.5. The van der Waals surface area contributed by atoms with Gasteiger partial charge < -0.3 is 5.21 Å². The average molecular weight is 155 g/mol. The second-order valence-corrected chi connectivity index (χ2v) is 2.16. The van der Waals surface area contributed by atoms with Gasteiger partial charge in [-0.1, -0.05) is 28.9 Å². The standard InChI is InChI=1S/C7H5ClNO/c8-7-3-1-6(2-4-7)5-9-10/h1-4,10H. The van der Waals surface area contributed by atoms with E-state index in [1.54, 1.807) is 24.3 Å². The lowest BCUT2D eigenvalue weighted by atomic mass is 10.2. The maximum Gasteiger partial charge on any atom is 0.139 e. The van der Waals surface area contributed by atoms with Crippen molar-refractivity contribution in [1.29, 1.82) is 0 Å². The third kappa shape index (κ3) is 1.74. The van der Waals surface area contributed by atoms with Gasteiger partial charge in [-0.3, -0.25) is 0 Å². The predicted molar refractivity (Wildman–Crippen MR) is 39.8 cm³/mol. The van der Waals surface area contributed by atoms with E-state index in [0.29, 0.717) is 10.6 Å². The van der Waals surface area contributed by atoms with Crippen LogP contribution in [0.3, 0.4) is 0 Å². The molecule has 0 atom stereocenters. The Labute approximate surface area is 63.7 Å². The Balaban J connectivity index is 2.89. The molecule has 51 valence electrons. The lowest BCUT2D eigenvalue weighted by Crippen LogP contribution is -1.77. The Morgan fingerprint density at radius 3 is 2.40 bits per heavy atom. The maximum atomic E-state index is 8.07. The van der Waals surface area contributed by atoms with Gasteiger partial charge in [0.1, 0.15) is 6.21 Å². The molecule has 1 radical (unpaired) electrons. The van der Waals surface area contributed by atoms with Crippen LogP contribution in [0.5, 0.6) is 0 Å². The smallest absolute Gasteiger partial charge is 0.139 e. The van der Waals surface area contributed by atoms with Gasteiger partial charge in [0, 0.05) is 10.6 Å². The van der Waals surface area contributed by atoms with Crippen LogP contribution in [0.1, 0.15) is 5.56 Å². The zero-order valence-electron chi connectivity index (χ0n) is 5.08. The Bertz CT molecular complexity index is 230. The van der Waals surface area contributed by atoms with Crippen molar-refractivity contribution >= 4 is 17.8 Å². The molecule has 1 aromatic rings. The zero-order valence-corrected chi connectivity index (χ0v) is 5.84. The van der Waals surface area contributed by atoms with E-state index >= 15 is 0 Å². The van der Waals surface area contributed by atoms with Gasteiger partial charge in [-0.15, -0.1) is 0 Å². The van der Waals surface area contributed by atoms with Gasteiger partial charge in [-0.25, -0.2) is 0 Å². The molecule has 0 fully saturated rings. The molecule has 0 aliphatic heterocycles. The molecule has 2 nitrogen and oxygen atoms in total. The van der Waals surface area contributed by atoms with Crippen LogP contribution in [0, 0.1) is 0 Å². The molecule has 0 bridgehead atoms. The van der Waals surface area contributed by atoms with Crippen molar-refractivity contribution in [2.75, 3.05) is 0 Å². The molecular weight excluding hydrogens is 150 g/mol. The Kier molecular flexibility index (Phi) is 2.29. The normalized spacial score (nSPS) is 10.5. The molecule has 0 aliphatic carbocycles. The van der Waals surface area contributed by atoms with Crippen LogP contribution in [0.15, 0.2) is 29.4 Å². The minimum atomic E-state index is 0.656. The van der Waals surface area contributed by atoms with Gasteiger partial charge in [-0.2, -0.15) is 0 Å². The van der Waals surface area contributed by atoms with Crippen molar-refractivity contribution in [3.63, 3.8) is 0 Å². The van der Waals surface area contributed by atoms with Gasteiger partial charge >= 0.3 is 0 Å². The Morgan fingerprint density at radius 1 is 1.30 bits per heavy atom. The van der Waals surface area contributed by atoms with Crippen molar-refractivity contribution in [2.24, 2.45) is 5.16 Å². The molecule has 0 saturated heterocycles. The van der Waals surface area contributed by atoms with Crippen LogP contribution in [-0.4, -0.2) is 11.4 Å². The number of nitrogens with zero attached hydrogens (tertiary/aromatic N) is 1. The van der Waals surface area contributed by atoms with Crippen molar-refractivity contribution in [2.45, 2.75) is 0 Å². The molecule has 0 amide bonds. The molecule has 0 spiro atoms. The van der Waals surface area contributed by atoms with Gasteiger partial charge in [-0.05, 0) is 12.1 Å². The fourth-order valence-corrected chi connectivity index (χ4v) is 0.708. The van der Waals surface area contributed by atoms with Crippen molar-refractivity contribution in [3.8, 4) is 0 Å². The molecule has 0 saturated carbocycles. The van der Waals surface area contributed by atoms with Crippen LogP contribution in [0.4, 0.5) is 0 Å². The summed E-state index contributed by atoms with van der Waals surface area (Å²) in [6.07, 6.45) is 2.36. The molecule has 0 aliphatic rings. The molecule has 10 heavy (non-hydrogen) atoms. The quantitative estimate of drug-likeness (QED) is 0.375. The van der Waals surface area contributed by atoms with Crippen molar-refractivity contribution in [1.82, 2.24) is 0 Å². The summed E-state index contributed by atoms with van der Waals surface area (Å²) in [5.74, 6) is 0. The van der Waals surface area contributed by atoms with E-state index in [1.807, 2.05) is 0 Å². The van der Waals surface area contributed by atoms with Crippen molar-refractivity contribution < 1.29 is 5.21 Å². The number of benzene rings is 1. The number of hydrogen-bond acceptors (Lipinski definition) is 2. The highest BCUT2D eigenvalue weighted by atomic mass is 35.5. The lowest BCUT2D eigenvalue weighted by Gasteiger charge is -1.88. The minimum Gasteiger partial charge on any atom is -0.410 e. The van der Waals surface area contributed by atoms with E-state index in [0.717, 1.165) is 0 Å². The first kappa shape index (κ1) is 7.09. The van der Waals surface area contributed by atoms with Gasteiger partial charge in [0.25, 0.3) is 0 Å². The molecule has 1 rings (SSSR count). The minimum absolute atomic E-state index is 0.656. The number of halogens is 1. The van der Waals surface area contributed by atoms with E-state index in [2.05, 4.69) is 11.4 Å². The summed E-state index contributed by atoms with van der Waals surface area (Å²) in [7, 11) is 0. The van der Waals surface area contributed by atoms with E-state index in [9.17, 15) is 0 Å². The van der Waals surface area contributed by atoms with Crippen LogP contribution in [0.2, 0.25) is 5.02 Å². The van der Waals surface area contributed by atoms with Gasteiger partial charge in [0.15, 0.2) is 0 Å². The van der Waals surface area contributed by atoms with E-state index < -0.39 is 0 Å². The van der Waals surface area contributed by atoms with E-state index in [1.165, 1.54) is 0 Å². The summed E-state index contributed by atoms with van der Waals surface area (Å²) in [6, 6.07) is 6.83. The molecular formula is C7H5ClNO.